The fraction of sp³-hybridized carbons (Fsp3) is 0.242. The summed E-state index contributed by atoms with van der Waals surface area (Å²) in [5, 5.41) is 18.0. The molecule has 0 aliphatic carbocycles. The van der Waals surface area contributed by atoms with Gasteiger partial charge in [-0.15, -0.1) is 0 Å². The molecule has 7 nitrogen and oxygen atoms in total. The van der Waals surface area contributed by atoms with Gasteiger partial charge in [-0.2, -0.15) is 11.3 Å². The number of thiophene rings is 1. The van der Waals surface area contributed by atoms with Gasteiger partial charge < -0.3 is 15.2 Å². The van der Waals surface area contributed by atoms with Crippen LogP contribution < -0.4 is 15.0 Å². The fourth-order valence-electron chi connectivity index (χ4n) is 5.88. The van der Waals surface area contributed by atoms with Crippen LogP contribution in [0.3, 0.4) is 0 Å². The molecule has 0 fully saturated rings. The monoisotopic (exact) mass is 618 g/mol. The van der Waals surface area contributed by atoms with E-state index >= 15 is 4.39 Å². The summed E-state index contributed by atoms with van der Waals surface area (Å²) in [6.45, 7) is 3.95. The molecule has 10 heteroatoms. The lowest BCUT2D eigenvalue weighted by Crippen LogP contribution is -2.42. The highest BCUT2D eigenvalue weighted by Crippen LogP contribution is 2.51. The Balaban J connectivity index is 1.54. The minimum absolute atomic E-state index is 0.0121. The number of amides is 1. The molecule has 0 saturated heterocycles. The quantitative estimate of drug-likeness (QED) is 0.227. The summed E-state index contributed by atoms with van der Waals surface area (Å²) in [4.78, 5) is 15.5. The summed E-state index contributed by atoms with van der Waals surface area (Å²) in [7, 11) is -4.00. The average Bonchev–Trinajstić information content (AvgIpc) is 3.41. The molecule has 43 heavy (non-hydrogen) atoms. The zero-order chi connectivity index (χ0) is 30.4. The number of rotatable bonds is 6. The van der Waals surface area contributed by atoms with Crippen molar-refractivity contribution in [1.29, 1.82) is 0 Å². The summed E-state index contributed by atoms with van der Waals surface area (Å²) in [5.41, 5.74) is 1.82. The molecule has 1 atom stereocenters. The molecule has 3 heterocycles. The van der Waals surface area contributed by atoms with E-state index in [1.807, 2.05) is 48.9 Å². The van der Waals surface area contributed by atoms with E-state index in [9.17, 15) is 18.3 Å². The number of nitrogens with one attached hydrogen (secondary N) is 1. The van der Waals surface area contributed by atoms with Gasteiger partial charge >= 0.3 is 0 Å². The van der Waals surface area contributed by atoms with Gasteiger partial charge in [0.15, 0.2) is 9.84 Å². The lowest BCUT2D eigenvalue weighted by Gasteiger charge is -2.37. The number of aromatic hydroxyl groups is 1. The van der Waals surface area contributed by atoms with Crippen LogP contribution in [0.15, 0.2) is 94.2 Å². The first kappa shape index (κ1) is 28.9. The van der Waals surface area contributed by atoms with Crippen LogP contribution >= 0.6 is 11.3 Å². The Labute approximate surface area is 254 Å². The van der Waals surface area contributed by atoms with Crippen molar-refractivity contribution in [2.45, 2.75) is 39.3 Å². The number of benzene rings is 3. The minimum Gasteiger partial charge on any atom is -0.506 e. The standard InChI is InChI=1S/C33H31FN2O5S2/c1-33(2)17-26-32(43(39,40)20-33)31(24-12-11-23(16-25(24)34)41-18-22-13-14-42-19-22)36(27-9-6-10-28(37)30(27)35-26)29(38)15-21-7-4-3-5-8-21/h3-14,16,19,31,35,37H,15,17-18,20H2,1-2H3. The normalized spacial score (nSPS) is 18.7. The van der Waals surface area contributed by atoms with Crippen molar-refractivity contribution in [3.63, 3.8) is 0 Å². The van der Waals surface area contributed by atoms with E-state index in [0.717, 1.165) is 5.56 Å². The average molecular weight is 619 g/mol. The third-order valence-corrected chi connectivity index (χ3v) is 10.7. The van der Waals surface area contributed by atoms with Gasteiger partial charge in [0.2, 0.25) is 5.91 Å². The van der Waals surface area contributed by atoms with Gasteiger partial charge in [-0.25, -0.2) is 12.8 Å². The van der Waals surface area contributed by atoms with Crippen LogP contribution in [0, 0.1) is 11.2 Å². The second-order valence-corrected chi connectivity index (χ2v) is 14.4. The van der Waals surface area contributed by atoms with Gasteiger partial charge in [0, 0.05) is 17.3 Å². The first-order valence-corrected chi connectivity index (χ1v) is 16.5. The number of sulfone groups is 1. The lowest BCUT2D eigenvalue weighted by molar-refractivity contribution is -0.118. The molecular formula is C33H31FN2O5S2. The van der Waals surface area contributed by atoms with E-state index in [0.29, 0.717) is 17.7 Å². The number of para-hydroxylation sites is 1. The zero-order valence-corrected chi connectivity index (χ0v) is 25.3. The molecule has 0 bridgehead atoms. The Morgan fingerprint density at radius 2 is 1.88 bits per heavy atom. The van der Waals surface area contributed by atoms with Crippen LogP contribution in [-0.4, -0.2) is 25.2 Å². The molecule has 6 rings (SSSR count). The van der Waals surface area contributed by atoms with Crippen molar-refractivity contribution in [1.82, 2.24) is 0 Å². The van der Waals surface area contributed by atoms with Crippen molar-refractivity contribution in [2.75, 3.05) is 16.0 Å². The molecule has 3 aromatic carbocycles. The third-order valence-electron chi connectivity index (χ3n) is 7.65. The van der Waals surface area contributed by atoms with Crippen molar-refractivity contribution >= 4 is 38.5 Å². The molecule has 1 aromatic heterocycles. The third kappa shape index (κ3) is 5.77. The minimum atomic E-state index is -4.00. The summed E-state index contributed by atoms with van der Waals surface area (Å²) < 4.78 is 50.2. The highest BCUT2D eigenvalue weighted by Gasteiger charge is 2.47. The van der Waals surface area contributed by atoms with E-state index in [2.05, 4.69) is 5.32 Å². The Hall–Kier alpha value is -4.15. The molecule has 0 spiro atoms. The van der Waals surface area contributed by atoms with Crippen LogP contribution in [0.2, 0.25) is 0 Å². The number of hydrogen-bond donors (Lipinski definition) is 2. The van der Waals surface area contributed by atoms with Crippen molar-refractivity contribution < 1.29 is 27.4 Å². The largest absolute Gasteiger partial charge is 0.506 e. The summed E-state index contributed by atoms with van der Waals surface area (Å²) >= 11 is 1.53. The summed E-state index contributed by atoms with van der Waals surface area (Å²) in [5.74, 6) is -1.21. The van der Waals surface area contributed by atoms with Gasteiger partial charge in [-0.1, -0.05) is 50.2 Å². The van der Waals surface area contributed by atoms with Crippen LogP contribution in [0.4, 0.5) is 15.8 Å². The maximum absolute atomic E-state index is 16.2. The van der Waals surface area contributed by atoms with E-state index in [1.165, 1.54) is 34.4 Å². The van der Waals surface area contributed by atoms with Crippen molar-refractivity contribution in [3.05, 3.63) is 117 Å². The molecule has 4 aromatic rings. The fourth-order valence-corrected chi connectivity index (χ4v) is 8.89. The smallest absolute Gasteiger partial charge is 0.232 e. The zero-order valence-electron chi connectivity index (χ0n) is 23.7. The van der Waals surface area contributed by atoms with E-state index in [4.69, 9.17) is 4.74 Å². The van der Waals surface area contributed by atoms with Gasteiger partial charge in [0.05, 0.1) is 22.8 Å². The van der Waals surface area contributed by atoms with Crippen LogP contribution in [0.1, 0.15) is 43.0 Å². The van der Waals surface area contributed by atoms with Gasteiger partial charge in [0.25, 0.3) is 0 Å². The first-order chi connectivity index (χ1) is 20.5. The Morgan fingerprint density at radius 1 is 1.09 bits per heavy atom. The number of nitrogens with zero attached hydrogens (tertiary/aromatic N) is 1. The van der Waals surface area contributed by atoms with Crippen molar-refractivity contribution in [2.24, 2.45) is 5.41 Å². The molecule has 1 amide bonds. The highest BCUT2D eigenvalue weighted by atomic mass is 32.2. The van der Waals surface area contributed by atoms with Gasteiger partial charge in [-0.05, 0) is 64.1 Å². The van der Waals surface area contributed by atoms with Crippen LogP contribution in [-0.2, 0) is 27.7 Å². The molecule has 2 aliphatic rings. The molecule has 222 valence electrons. The van der Waals surface area contributed by atoms with Crippen LogP contribution in [0.25, 0.3) is 0 Å². The van der Waals surface area contributed by atoms with E-state index in [1.54, 1.807) is 30.3 Å². The van der Waals surface area contributed by atoms with Gasteiger partial charge in [-0.3, -0.25) is 9.69 Å². The molecule has 0 saturated carbocycles. The van der Waals surface area contributed by atoms with E-state index < -0.39 is 33.0 Å². The number of halogens is 1. The summed E-state index contributed by atoms with van der Waals surface area (Å²) in [6.07, 6.45) is 0.250. The number of ether oxygens (including phenoxy) is 1. The second kappa shape index (κ2) is 11.2. The number of phenols is 1. The Morgan fingerprint density at radius 3 is 2.60 bits per heavy atom. The summed E-state index contributed by atoms with van der Waals surface area (Å²) in [6, 6.07) is 18.6. The molecule has 2 N–H and O–H groups in total. The first-order valence-electron chi connectivity index (χ1n) is 13.9. The number of carbonyl (C=O) groups is 1. The number of fused-ring (bicyclic) bond motifs is 1. The van der Waals surface area contributed by atoms with E-state index in [-0.39, 0.29) is 52.1 Å². The van der Waals surface area contributed by atoms with Crippen molar-refractivity contribution in [3.8, 4) is 11.5 Å². The van der Waals surface area contributed by atoms with Crippen LogP contribution in [0.5, 0.6) is 11.5 Å². The number of anilines is 2. The number of hydrogen-bond acceptors (Lipinski definition) is 7. The number of carbonyl (C=O) groups excluding carboxylic acids is 1. The van der Waals surface area contributed by atoms with Gasteiger partial charge in [0.1, 0.15) is 35.7 Å². The lowest BCUT2D eigenvalue weighted by atomic mass is 9.88. The molecule has 1 unspecified atom stereocenters. The Kier molecular flexibility index (Phi) is 7.52. The second-order valence-electron chi connectivity index (χ2n) is 11.7. The highest BCUT2D eigenvalue weighted by molar-refractivity contribution is 7.95. The number of phenolic OH excluding ortho intramolecular Hbond substituents is 1. The Bertz CT molecular complexity index is 1820. The predicted molar refractivity (Wildman–Crippen MR) is 166 cm³/mol. The predicted octanol–water partition coefficient (Wildman–Crippen LogP) is 6.97. The SMILES string of the molecule is CC1(C)CC2=C(C(c3ccc(OCc4ccsc4)cc3F)N(C(=O)Cc3ccccc3)c3cccc(O)c3N2)S(=O)(=O)C1. The topological polar surface area (TPSA) is 95.9 Å². The number of allylic oxidation sites excluding steroid dienone is 1. The molecule has 2 aliphatic heterocycles. The maximum Gasteiger partial charge on any atom is 0.232 e. The molecular weight excluding hydrogens is 588 g/mol. The molecule has 0 radical (unpaired) electrons. The maximum atomic E-state index is 16.2.